The summed E-state index contributed by atoms with van der Waals surface area (Å²) in [5.74, 6) is 0.613. The number of imidazole rings is 1. The monoisotopic (exact) mass is 546 g/mol. The maximum atomic E-state index is 13.7. The average molecular weight is 547 g/mol. The minimum atomic E-state index is -0.444. The summed E-state index contributed by atoms with van der Waals surface area (Å²) >= 11 is 1.46. The van der Waals surface area contributed by atoms with E-state index in [4.69, 9.17) is 9.97 Å². The Balaban J connectivity index is 1.41. The lowest BCUT2D eigenvalue weighted by molar-refractivity contribution is -0.129. The molecule has 1 saturated heterocycles. The molecule has 11 heteroatoms. The number of halogens is 1. The van der Waals surface area contributed by atoms with Gasteiger partial charge in [-0.15, -0.1) is 11.3 Å². The molecule has 0 aliphatic carbocycles. The van der Waals surface area contributed by atoms with E-state index in [9.17, 15) is 14.4 Å². The van der Waals surface area contributed by atoms with Gasteiger partial charge in [-0.2, -0.15) is 5.26 Å². The number of nitrogens with zero attached hydrogens (tertiary/aromatic N) is 8. The van der Waals surface area contributed by atoms with Crippen LogP contribution in [0.15, 0.2) is 41.9 Å². The number of hydrogen-bond acceptors (Lipinski definition) is 8. The number of thiazole rings is 1. The molecular weight excluding hydrogens is 515 g/mol. The second-order valence-electron chi connectivity index (χ2n) is 9.78. The molecule has 39 heavy (non-hydrogen) atoms. The SMILES string of the molecule is CCc1nc2ccc(N3CCN(CC(=O)N(C)C)CC3)cn2c1N(C)c1nc(-c2ccc(F)cc2C#N)cs1. The van der Waals surface area contributed by atoms with Gasteiger partial charge < -0.3 is 14.7 Å². The van der Waals surface area contributed by atoms with E-state index in [1.165, 1.54) is 23.5 Å². The Morgan fingerprint density at radius 2 is 1.90 bits per heavy atom. The molecule has 1 fully saturated rings. The normalized spacial score (nSPS) is 14.0. The summed E-state index contributed by atoms with van der Waals surface area (Å²) in [5.41, 5.74) is 4.41. The van der Waals surface area contributed by atoms with E-state index >= 15 is 0 Å². The lowest BCUT2D eigenvalue weighted by atomic mass is 10.1. The van der Waals surface area contributed by atoms with Crippen molar-refractivity contribution in [2.75, 3.05) is 63.7 Å². The summed E-state index contributed by atoms with van der Waals surface area (Å²) in [5, 5.41) is 12.1. The van der Waals surface area contributed by atoms with Gasteiger partial charge in [0.05, 0.1) is 35.3 Å². The molecule has 0 radical (unpaired) electrons. The van der Waals surface area contributed by atoms with Gasteiger partial charge in [-0.1, -0.05) is 6.92 Å². The molecule has 4 aromatic rings. The topological polar surface area (TPSA) is 84.0 Å². The summed E-state index contributed by atoms with van der Waals surface area (Å²) in [4.78, 5) is 30.0. The predicted molar refractivity (Wildman–Crippen MR) is 152 cm³/mol. The van der Waals surface area contributed by atoms with E-state index < -0.39 is 5.82 Å². The zero-order valence-corrected chi connectivity index (χ0v) is 23.4. The Kier molecular flexibility index (Phi) is 7.50. The molecule has 1 aliphatic heterocycles. The van der Waals surface area contributed by atoms with Crippen LogP contribution < -0.4 is 9.80 Å². The molecular formula is C28H31FN8OS. The molecule has 5 rings (SSSR count). The van der Waals surface area contributed by atoms with Crippen LogP contribution in [-0.2, 0) is 11.2 Å². The fourth-order valence-corrected chi connectivity index (χ4v) is 5.60. The number of nitriles is 1. The Morgan fingerprint density at radius 1 is 1.13 bits per heavy atom. The summed E-state index contributed by atoms with van der Waals surface area (Å²) < 4.78 is 15.8. The second kappa shape index (κ2) is 11.0. The maximum Gasteiger partial charge on any atom is 0.236 e. The molecule has 0 saturated carbocycles. The van der Waals surface area contributed by atoms with E-state index in [-0.39, 0.29) is 11.5 Å². The van der Waals surface area contributed by atoms with E-state index in [1.54, 1.807) is 25.1 Å². The van der Waals surface area contributed by atoms with Gasteiger partial charge in [-0.25, -0.2) is 14.4 Å². The molecule has 1 amide bonds. The predicted octanol–water partition coefficient (Wildman–Crippen LogP) is 4.01. The first-order chi connectivity index (χ1) is 18.8. The van der Waals surface area contributed by atoms with E-state index in [1.807, 2.05) is 23.4 Å². The number of aryl methyl sites for hydroxylation is 1. The first kappa shape index (κ1) is 26.6. The molecule has 9 nitrogen and oxygen atoms in total. The third-order valence-electron chi connectivity index (χ3n) is 7.05. The number of benzene rings is 1. The van der Waals surface area contributed by atoms with Crippen LogP contribution in [0.25, 0.3) is 16.9 Å². The van der Waals surface area contributed by atoms with Crippen LogP contribution in [0.3, 0.4) is 0 Å². The average Bonchev–Trinajstić information content (AvgIpc) is 3.57. The van der Waals surface area contributed by atoms with Crippen molar-refractivity contribution in [3.05, 3.63) is 59.0 Å². The first-order valence-electron chi connectivity index (χ1n) is 12.9. The van der Waals surface area contributed by atoms with E-state index in [2.05, 4.69) is 39.5 Å². The van der Waals surface area contributed by atoms with Gasteiger partial charge in [-0.05, 0) is 36.8 Å². The Morgan fingerprint density at radius 3 is 2.59 bits per heavy atom. The number of pyridine rings is 1. The number of carbonyl (C=O) groups excluding carboxylic acids is 1. The Labute approximate surface area is 231 Å². The number of rotatable bonds is 7. The summed E-state index contributed by atoms with van der Waals surface area (Å²) in [6.07, 6.45) is 2.88. The van der Waals surface area contributed by atoms with Crippen molar-refractivity contribution in [3.63, 3.8) is 0 Å². The number of piperazine rings is 1. The molecule has 202 valence electrons. The van der Waals surface area contributed by atoms with Crippen molar-refractivity contribution >= 4 is 39.5 Å². The molecule has 0 unspecified atom stereocenters. The number of amides is 1. The number of fused-ring (bicyclic) bond motifs is 1. The number of likely N-dealkylation sites (N-methyl/N-ethyl adjacent to an activating group) is 1. The number of carbonyl (C=O) groups is 1. The van der Waals surface area contributed by atoms with E-state index in [0.717, 1.165) is 60.6 Å². The lowest BCUT2D eigenvalue weighted by Gasteiger charge is -2.36. The Hall–Kier alpha value is -4.01. The second-order valence-corrected chi connectivity index (χ2v) is 10.6. The molecule has 1 aliphatic rings. The van der Waals surface area contributed by atoms with Crippen molar-refractivity contribution in [1.29, 1.82) is 5.26 Å². The zero-order valence-electron chi connectivity index (χ0n) is 22.6. The highest BCUT2D eigenvalue weighted by Crippen LogP contribution is 2.35. The minimum Gasteiger partial charge on any atom is -0.368 e. The van der Waals surface area contributed by atoms with Gasteiger partial charge in [0.2, 0.25) is 5.91 Å². The zero-order chi connectivity index (χ0) is 27.7. The number of hydrogen-bond donors (Lipinski definition) is 0. The van der Waals surface area contributed by atoms with Crippen LogP contribution in [0.5, 0.6) is 0 Å². The third kappa shape index (κ3) is 5.30. The van der Waals surface area contributed by atoms with Gasteiger partial charge in [0.1, 0.15) is 17.3 Å². The van der Waals surface area contributed by atoms with Gasteiger partial charge in [0.15, 0.2) is 5.13 Å². The summed E-state index contributed by atoms with van der Waals surface area (Å²) in [6, 6.07) is 10.4. The van der Waals surface area contributed by atoms with Crippen LogP contribution in [0.4, 0.5) is 21.0 Å². The maximum absolute atomic E-state index is 13.7. The van der Waals surface area contributed by atoms with Crippen molar-refractivity contribution in [3.8, 4) is 17.3 Å². The van der Waals surface area contributed by atoms with Gasteiger partial charge in [0, 0.05) is 64.5 Å². The van der Waals surface area contributed by atoms with Crippen LogP contribution in [0.2, 0.25) is 0 Å². The molecule has 4 heterocycles. The number of aromatic nitrogens is 3. The largest absolute Gasteiger partial charge is 0.368 e. The van der Waals surface area contributed by atoms with Crippen LogP contribution in [0, 0.1) is 17.1 Å². The fourth-order valence-electron chi connectivity index (χ4n) is 4.81. The van der Waals surface area contributed by atoms with Crippen molar-refractivity contribution in [2.45, 2.75) is 13.3 Å². The van der Waals surface area contributed by atoms with Crippen molar-refractivity contribution in [1.82, 2.24) is 24.2 Å². The lowest BCUT2D eigenvalue weighted by Crippen LogP contribution is -2.49. The van der Waals surface area contributed by atoms with E-state index in [0.29, 0.717) is 17.8 Å². The summed E-state index contributed by atoms with van der Waals surface area (Å²) in [6.45, 7) is 5.84. The summed E-state index contributed by atoms with van der Waals surface area (Å²) in [7, 11) is 5.54. The van der Waals surface area contributed by atoms with Crippen molar-refractivity contribution in [2.24, 2.45) is 0 Å². The van der Waals surface area contributed by atoms with Crippen LogP contribution >= 0.6 is 11.3 Å². The molecule has 0 N–H and O–H groups in total. The Bertz CT molecular complexity index is 1550. The smallest absolute Gasteiger partial charge is 0.236 e. The fraction of sp³-hybridized carbons (Fsp3) is 0.357. The molecule has 3 aromatic heterocycles. The third-order valence-corrected chi connectivity index (χ3v) is 7.97. The quantitative estimate of drug-likeness (QED) is 0.346. The minimum absolute atomic E-state index is 0.122. The standard InChI is InChI=1S/C28H31FN8OS/c1-5-23-27(34(4)28-32-24(18-39-28)22-8-6-20(29)14-19(22)15-30)37-16-21(7-9-25(37)31-23)36-12-10-35(11-13-36)17-26(38)33(2)3/h6-9,14,16,18H,5,10-13,17H2,1-4H3. The molecule has 1 aromatic carbocycles. The van der Waals surface area contributed by atoms with Crippen molar-refractivity contribution < 1.29 is 9.18 Å². The van der Waals surface area contributed by atoms with Gasteiger partial charge in [-0.3, -0.25) is 14.1 Å². The molecule has 0 spiro atoms. The van der Waals surface area contributed by atoms with Gasteiger partial charge >= 0.3 is 0 Å². The highest BCUT2D eigenvalue weighted by Gasteiger charge is 2.23. The van der Waals surface area contributed by atoms with Crippen LogP contribution in [-0.4, -0.2) is 83.9 Å². The highest BCUT2D eigenvalue weighted by molar-refractivity contribution is 7.14. The molecule has 0 bridgehead atoms. The number of anilines is 3. The van der Waals surface area contributed by atoms with Crippen LogP contribution in [0.1, 0.15) is 18.2 Å². The van der Waals surface area contributed by atoms with Gasteiger partial charge in [0.25, 0.3) is 0 Å². The highest BCUT2D eigenvalue weighted by atomic mass is 32.1. The first-order valence-corrected chi connectivity index (χ1v) is 13.7. The molecule has 0 atom stereocenters.